The van der Waals surface area contributed by atoms with E-state index in [4.69, 9.17) is 0 Å². The Kier molecular flexibility index (Phi) is 7.15. The van der Waals surface area contributed by atoms with Crippen molar-refractivity contribution in [2.45, 2.75) is 40.3 Å². The summed E-state index contributed by atoms with van der Waals surface area (Å²) in [4.78, 5) is 18.0. The van der Waals surface area contributed by atoms with Crippen molar-refractivity contribution < 1.29 is 4.79 Å². The number of rotatable bonds is 8. The number of anilines is 1. The van der Waals surface area contributed by atoms with E-state index in [0.717, 1.165) is 24.5 Å². The van der Waals surface area contributed by atoms with E-state index in [1.807, 2.05) is 44.1 Å². The SMILES string of the molecule is CC(C)CNCc1ccc(N(C)CC(=O)NC(C)C)nc1. The molecule has 0 bridgehead atoms. The maximum absolute atomic E-state index is 11.7. The first-order valence-electron chi connectivity index (χ1n) is 7.54. The lowest BCUT2D eigenvalue weighted by Gasteiger charge is -2.19. The predicted octanol–water partition coefficient (Wildman–Crippen LogP) is 1.79. The molecule has 0 unspecified atom stereocenters. The Balaban J connectivity index is 2.47. The van der Waals surface area contributed by atoms with E-state index in [2.05, 4.69) is 29.5 Å². The number of pyridine rings is 1. The van der Waals surface area contributed by atoms with Crippen molar-refractivity contribution in [2.24, 2.45) is 5.92 Å². The first kappa shape index (κ1) is 17.4. The molecule has 0 aromatic carbocycles. The molecule has 5 nitrogen and oxygen atoms in total. The van der Waals surface area contributed by atoms with Crippen LogP contribution in [0.5, 0.6) is 0 Å². The molecule has 1 aromatic heterocycles. The van der Waals surface area contributed by atoms with Gasteiger partial charge in [0.15, 0.2) is 0 Å². The zero-order valence-corrected chi connectivity index (χ0v) is 13.8. The van der Waals surface area contributed by atoms with Crippen LogP contribution in [-0.4, -0.2) is 37.1 Å². The molecule has 0 aliphatic heterocycles. The van der Waals surface area contributed by atoms with Crippen LogP contribution in [0.3, 0.4) is 0 Å². The van der Waals surface area contributed by atoms with Gasteiger partial charge < -0.3 is 15.5 Å². The van der Waals surface area contributed by atoms with E-state index in [-0.39, 0.29) is 11.9 Å². The molecule has 1 aromatic rings. The van der Waals surface area contributed by atoms with Crippen LogP contribution >= 0.6 is 0 Å². The summed E-state index contributed by atoms with van der Waals surface area (Å²) in [6, 6.07) is 4.16. The monoisotopic (exact) mass is 292 g/mol. The number of carbonyl (C=O) groups excluding carboxylic acids is 1. The van der Waals surface area contributed by atoms with Gasteiger partial charge in [0.2, 0.25) is 5.91 Å². The minimum Gasteiger partial charge on any atom is -0.352 e. The highest BCUT2D eigenvalue weighted by Crippen LogP contribution is 2.09. The Morgan fingerprint density at radius 1 is 1.29 bits per heavy atom. The summed E-state index contributed by atoms with van der Waals surface area (Å²) in [5, 5.41) is 6.26. The van der Waals surface area contributed by atoms with Gasteiger partial charge in [-0.25, -0.2) is 4.98 Å². The Morgan fingerprint density at radius 3 is 2.52 bits per heavy atom. The van der Waals surface area contributed by atoms with E-state index in [0.29, 0.717) is 12.5 Å². The fourth-order valence-electron chi connectivity index (χ4n) is 1.92. The van der Waals surface area contributed by atoms with Gasteiger partial charge in [0.05, 0.1) is 6.54 Å². The van der Waals surface area contributed by atoms with Crippen LogP contribution in [0.4, 0.5) is 5.82 Å². The van der Waals surface area contributed by atoms with Gasteiger partial charge in [-0.2, -0.15) is 0 Å². The maximum atomic E-state index is 11.7. The second-order valence-corrected chi connectivity index (χ2v) is 6.13. The molecule has 21 heavy (non-hydrogen) atoms. The van der Waals surface area contributed by atoms with E-state index in [1.165, 1.54) is 0 Å². The molecule has 1 rings (SSSR count). The molecule has 0 atom stereocenters. The lowest BCUT2D eigenvalue weighted by Crippen LogP contribution is -2.38. The van der Waals surface area contributed by atoms with Crippen molar-refractivity contribution in [3.8, 4) is 0 Å². The van der Waals surface area contributed by atoms with Crippen LogP contribution in [0.1, 0.15) is 33.3 Å². The Hall–Kier alpha value is -1.62. The van der Waals surface area contributed by atoms with Crippen LogP contribution < -0.4 is 15.5 Å². The van der Waals surface area contributed by atoms with Crippen LogP contribution in [0.25, 0.3) is 0 Å². The van der Waals surface area contributed by atoms with E-state index < -0.39 is 0 Å². The van der Waals surface area contributed by atoms with Crippen LogP contribution in [0.15, 0.2) is 18.3 Å². The van der Waals surface area contributed by atoms with Crippen LogP contribution in [0, 0.1) is 5.92 Å². The summed E-state index contributed by atoms with van der Waals surface area (Å²) >= 11 is 0. The first-order chi connectivity index (χ1) is 9.88. The minimum atomic E-state index is 0.0111. The van der Waals surface area contributed by atoms with Crippen molar-refractivity contribution in [1.82, 2.24) is 15.6 Å². The van der Waals surface area contributed by atoms with Gasteiger partial charge in [-0.15, -0.1) is 0 Å². The number of carbonyl (C=O) groups is 1. The third-order valence-corrected chi connectivity index (χ3v) is 2.91. The van der Waals surface area contributed by atoms with Crippen LogP contribution in [-0.2, 0) is 11.3 Å². The van der Waals surface area contributed by atoms with Crippen LogP contribution in [0.2, 0.25) is 0 Å². The second kappa shape index (κ2) is 8.62. The largest absolute Gasteiger partial charge is 0.352 e. The highest BCUT2D eigenvalue weighted by Gasteiger charge is 2.09. The van der Waals surface area contributed by atoms with Gasteiger partial charge in [-0.05, 0) is 37.9 Å². The van der Waals surface area contributed by atoms with Crippen molar-refractivity contribution in [3.05, 3.63) is 23.9 Å². The van der Waals surface area contributed by atoms with E-state index >= 15 is 0 Å². The second-order valence-electron chi connectivity index (χ2n) is 6.13. The van der Waals surface area contributed by atoms with Gasteiger partial charge >= 0.3 is 0 Å². The zero-order valence-electron chi connectivity index (χ0n) is 13.8. The highest BCUT2D eigenvalue weighted by atomic mass is 16.2. The summed E-state index contributed by atoms with van der Waals surface area (Å²) in [6.07, 6.45) is 1.86. The number of hydrogen-bond acceptors (Lipinski definition) is 4. The van der Waals surface area contributed by atoms with Gasteiger partial charge in [-0.1, -0.05) is 19.9 Å². The molecular formula is C16H28N4O. The fraction of sp³-hybridized carbons (Fsp3) is 0.625. The smallest absolute Gasteiger partial charge is 0.239 e. The number of aromatic nitrogens is 1. The quantitative estimate of drug-likeness (QED) is 0.767. The fourth-order valence-corrected chi connectivity index (χ4v) is 1.92. The average Bonchev–Trinajstić information content (AvgIpc) is 2.37. The molecule has 2 N–H and O–H groups in total. The summed E-state index contributed by atoms with van der Waals surface area (Å²) < 4.78 is 0. The van der Waals surface area contributed by atoms with Gasteiger partial charge in [-0.3, -0.25) is 4.79 Å². The highest BCUT2D eigenvalue weighted by molar-refractivity contribution is 5.81. The molecule has 5 heteroatoms. The average molecular weight is 292 g/mol. The number of likely N-dealkylation sites (N-methyl/N-ethyl adjacent to an activating group) is 1. The lowest BCUT2D eigenvalue weighted by molar-refractivity contribution is -0.120. The molecular weight excluding hydrogens is 264 g/mol. The molecule has 118 valence electrons. The summed E-state index contributed by atoms with van der Waals surface area (Å²) in [7, 11) is 1.87. The molecule has 0 spiro atoms. The first-order valence-corrected chi connectivity index (χ1v) is 7.54. The van der Waals surface area contributed by atoms with E-state index in [1.54, 1.807) is 0 Å². The Morgan fingerprint density at radius 2 is 2.00 bits per heavy atom. The topological polar surface area (TPSA) is 57.3 Å². The maximum Gasteiger partial charge on any atom is 0.239 e. The standard InChI is InChI=1S/C16H28N4O/c1-12(2)8-17-9-14-6-7-15(18-10-14)20(5)11-16(21)19-13(3)4/h6-7,10,12-13,17H,8-9,11H2,1-5H3,(H,19,21). The summed E-state index contributed by atoms with van der Waals surface area (Å²) in [5.74, 6) is 1.46. The lowest BCUT2D eigenvalue weighted by atomic mass is 10.2. The molecule has 0 saturated heterocycles. The van der Waals surface area contributed by atoms with Gasteiger partial charge in [0.25, 0.3) is 0 Å². The number of hydrogen-bond donors (Lipinski definition) is 2. The normalized spacial score (nSPS) is 11.0. The molecule has 1 amide bonds. The van der Waals surface area contributed by atoms with Gasteiger partial charge in [0.1, 0.15) is 5.82 Å². The Bertz CT molecular complexity index is 428. The minimum absolute atomic E-state index is 0.0111. The zero-order chi connectivity index (χ0) is 15.8. The summed E-state index contributed by atoms with van der Waals surface area (Å²) in [6.45, 7) is 10.4. The number of nitrogens with one attached hydrogen (secondary N) is 2. The van der Waals surface area contributed by atoms with Crippen molar-refractivity contribution in [3.63, 3.8) is 0 Å². The van der Waals surface area contributed by atoms with E-state index in [9.17, 15) is 4.79 Å². The molecule has 0 aliphatic rings. The molecule has 0 aliphatic carbocycles. The molecule has 0 saturated carbocycles. The number of amides is 1. The predicted molar refractivity (Wildman–Crippen MR) is 87.3 cm³/mol. The van der Waals surface area contributed by atoms with Crippen molar-refractivity contribution >= 4 is 11.7 Å². The van der Waals surface area contributed by atoms with Gasteiger partial charge in [0, 0.05) is 25.8 Å². The summed E-state index contributed by atoms with van der Waals surface area (Å²) in [5.41, 5.74) is 1.15. The molecule has 0 radical (unpaired) electrons. The third kappa shape index (κ3) is 7.09. The van der Waals surface area contributed by atoms with Crippen molar-refractivity contribution in [1.29, 1.82) is 0 Å². The number of nitrogens with zero attached hydrogens (tertiary/aromatic N) is 2. The van der Waals surface area contributed by atoms with Crippen molar-refractivity contribution in [2.75, 3.05) is 25.0 Å². The third-order valence-electron chi connectivity index (χ3n) is 2.91. The molecule has 1 heterocycles. The molecule has 0 fully saturated rings. The Labute approximate surface area is 128 Å².